The van der Waals surface area contributed by atoms with E-state index in [1.807, 2.05) is 0 Å². The van der Waals surface area contributed by atoms with Crippen molar-refractivity contribution >= 4 is 11.8 Å². The van der Waals surface area contributed by atoms with Crippen molar-refractivity contribution in [2.75, 3.05) is 0 Å². The highest BCUT2D eigenvalue weighted by molar-refractivity contribution is 6.00. The molecule has 62 valence electrons. The third-order valence-electron chi connectivity index (χ3n) is 1.03. The van der Waals surface area contributed by atoms with Crippen molar-refractivity contribution < 1.29 is 14.7 Å². The molecule has 0 saturated heterocycles. The molecule has 0 aromatic rings. The van der Waals surface area contributed by atoms with Crippen LogP contribution in [0.25, 0.3) is 0 Å². The van der Waals surface area contributed by atoms with Gasteiger partial charge in [-0.1, -0.05) is 0 Å². The summed E-state index contributed by atoms with van der Waals surface area (Å²) < 4.78 is 0. The fourth-order valence-corrected chi connectivity index (χ4v) is 0.551. The molecule has 5 nitrogen and oxygen atoms in total. The first-order valence-electron chi connectivity index (χ1n) is 2.94. The Morgan fingerprint density at radius 1 is 1.45 bits per heavy atom. The van der Waals surface area contributed by atoms with Gasteiger partial charge in [-0.25, -0.2) is 0 Å². The minimum Gasteiger partial charge on any atom is -0.388 e. The zero-order chi connectivity index (χ0) is 9.02. The Kier molecular flexibility index (Phi) is 3.26. The van der Waals surface area contributed by atoms with Gasteiger partial charge in [0.2, 0.25) is 11.8 Å². The maximum absolute atomic E-state index is 10.5. The molecule has 0 spiro atoms. The molecular weight excluding hydrogens is 148 g/mol. The van der Waals surface area contributed by atoms with Crippen molar-refractivity contribution in [2.24, 2.45) is 11.5 Å². The Morgan fingerprint density at radius 3 is 2.00 bits per heavy atom. The third-order valence-corrected chi connectivity index (χ3v) is 1.03. The highest BCUT2D eigenvalue weighted by Gasteiger charge is 2.11. The molecule has 0 radical (unpaired) electrons. The molecule has 11 heavy (non-hydrogen) atoms. The molecule has 0 bridgehead atoms. The minimum absolute atomic E-state index is 0.183. The molecule has 0 aromatic carbocycles. The number of hydrogen-bond donors (Lipinski definition) is 3. The van der Waals surface area contributed by atoms with Gasteiger partial charge in [0.15, 0.2) is 0 Å². The van der Waals surface area contributed by atoms with Crippen molar-refractivity contribution in [1.82, 2.24) is 0 Å². The van der Waals surface area contributed by atoms with E-state index in [4.69, 9.17) is 16.6 Å². The Labute approximate surface area is 63.7 Å². The van der Waals surface area contributed by atoms with Gasteiger partial charge in [0, 0.05) is 6.08 Å². The van der Waals surface area contributed by atoms with Crippen molar-refractivity contribution in [1.29, 1.82) is 0 Å². The second-order valence-corrected chi connectivity index (χ2v) is 2.04. The highest BCUT2D eigenvalue weighted by atomic mass is 16.3. The first kappa shape index (κ1) is 9.64. The average Bonchev–Trinajstić information content (AvgIpc) is 1.81. The van der Waals surface area contributed by atoms with Crippen LogP contribution in [-0.2, 0) is 9.59 Å². The number of primary amides is 2. The van der Waals surface area contributed by atoms with E-state index < -0.39 is 17.9 Å². The molecule has 0 fully saturated rings. The number of rotatable bonds is 3. The van der Waals surface area contributed by atoms with Crippen molar-refractivity contribution in [3.63, 3.8) is 0 Å². The number of aliphatic hydroxyl groups is 1. The maximum Gasteiger partial charge on any atom is 0.247 e. The van der Waals surface area contributed by atoms with Gasteiger partial charge < -0.3 is 16.6 Å². The van der Waals surface area contributed by atoms with Gasteiger partial charge in [-0.3, -0.25) is 9.59 Å². The largest absolute Gasteiger partial charge is 0.388 e. The van der Waals surface area contributed by atoms with Crippen LogP contribution in [0.15, 0.2) is 11.6 Å². The van der Waals surface area contributed by atoms with Crippen LogP contribution >= 0.6 is 0 Å². The number of carbonyl (C=O) groups excluding carboxylic acids is 2. The van der Waals surface area contributed by atoms with E-state index in [1.54, 1.807) is 0 Å². The molecule has 0 aliphatic carbocycles. The van der Waals surface area contributed by atoms with Crippen LogP contribution in [0.2, 0.25) is 0 Å². The Hall–Kier alpha value is -1.36. The van der Waals surface area contributed by atoms with Gasteiger partial charge in [0.1, 0.15) is 0 Å². The third kappa shape index (κ3) is 3.36. The van der Waals surface area contributed by atoms with Gasteiger partial charge in [0.25, 0.3) is 0 Å². The molecule has 0 heterocycles. The number of amides is 2. The molecule has 2 amide bonds. The lowest BCUT2D eigenvalue weighted by Gasteiger charge is -2.03. The van der Waals surface area contributed by atoms with Crippen LogP contribution in [0.5, 0.6) is 0 Å². The van der Waals surface area contributed by atoms with E-state index >= 15 is 0 Å². The molecule has 5 heteroatoms. The molecule has 0 saturated carbocycles. The monoisotopic (exact) mass is 158 g/mol. The summed E-state index contributed by atoms with van der Waals surface area (Å²) in [5.41, 5.74) is 9.36. The minimum atomic E-state index is -1.07. The van der Waals surface area contributed by atoms with E-state index in [0.717, 1.165) is 6.08 Å². The summed E-state index contributed by atoms with van der Waals surface area (Å²) in [6.45, 7) is 1.32. The van der Waals surface area contributed by atoms with Gasteiger partial charge in [-0.2, -0.15) is 0 Å². The molecule has 0 rings (SSSR count). The zero-order valence-corrected chi connectivity index (χ0v) is 6.07. The lowest BCUT2D eigenvalue weighted by atomic mass is 10.1. The summed E-state index contributed by atoms with van der Waals surface area (Å²) in [6, 6.07) is 0. The quantitative estimate of drug-likeness (QED) is 0.424. The van der Waals surface area contributed by atoms with Crippen LogP contribution in [0, 0.1) is 0 Å². The number of carbonyl (C=O) groups is 2. The summed E-state index contributed by atoms with van der Waals surface area (Å²) in [7, 11) is 0. The van der Waals surface area contributed by atoms with E-state index in [2.05, 4.69) is 0 Å². The van der Waals surface area contributed by atoms with E-state index in [1.165, 1.54) is 6.92 Å². The number of nitrogens with two attached hydrogens (primary N) is 2. The van der Waals surface area contributed by atoms with Gasteiger partial charge in [-0.05, 0) is 6.92 Å². The smallest absolute Gasteiger partial charge is 0.247 e. The fourth-order valence-electron chi connectivity index (χ4n) is 0.551. The Bertz CT molecular complexity index is 208. The van der Waals surface area contributed by atoms with E-state index in [9.17, 15) is 9.59 Å². The van der Waals surface area contributed by atoms with Crippen molar-refractivity contribution in [3.05, 3.63) is 11.6 Å². The van der Waals surface area contributed by atoms with Gasteiger partial charge in [0.05, 0.1) is 11.7 Å². The molecule has 0 aliphatic rings. The highest BCUT2D eigenvalue weighted by Crippen LogP contribution is 1.99. The van der Waals surface area contributed by atoms with Crippen molar-refractivity contribution in [2.45, 2.75) is 13.0 Å². The number of hydrogen-bond acceptors (Lipinski definition) is 3. The second kappa shape index (κ2) is 3.72. The first-order chi connectivity index (χ1) is 4.95. The summed E-state index contributed by atoms with van der Waals surface area (Å²) >= 11 is 0. The first-order valence-corrected chi connectivity index (χ1v) is 2.94. The predicted octanol–water partition coefficient (Wildman–Crippen LogP) is -1.74. The van der Waals surface area contributed by atoms with Gasteiger partial charge >= 0.3 is 0 Å². The molecule has 5 N–H and O–H groups in total. The van der Waals surface area contributed by atoms with E-state index in [-0.39, 0.29) is 5.57 Å². The molecule has 1 unspecified atom stereocenters. The molecular formula is C6H10N2O3. The van der Waals surface area contributed by atoms with Crippen LogP contribution in [0.1, 0.15) is 6.92 Å². The summed E-state index contributed by atoms with van der Waals surface area (Å²) in [4.78, 5) is 20.7. The lowest BCUT2D eigenvalue weighted by Crippen LogP contribution is -2.24. The van der Waals surface area contributed by atoms with E-state index in [0.29, 0.717) is 0 Å². The lowest BCUT2D eigenvalue weighted by molar-refractivity contribution is -0.117. The van der Waals surface area contributed by atoms with Crippen LogP contribution in [0.4, 0.5) is 0 Å². The van der Waals surface area contributed by atoms with Crippen LogP contribution in [-0.4, -0.2) is 23.0 Å². The summed E-state index contributed by atoms with van der Waals surface area (Å²) in [5.74, 6) is -1.65. The van der Waals surface area contributed by atoms with Crippen molar-refractivity contribution in [3.8, 4) is 0 Å². The zero-order valence-electron chi connectivity index (χ0n) is 6.07. The summed E-state index contributed by atoms with van der Waals surface area (Å²) in [5, 5.41) is 8.85. The molecule has 0 aromatic heterocycles. The normalized spacial score (nSPS) is 14.2. The molecule has 0 aliphatic heterocycles. The average molecular weight is 158 g/mol. The SMILES string of the molecule is CC(O)/C(=C/C(N)=O)C(N)=O. The Balaban J connectivity index is 4.60. The standard InChI is InChI=1S/C6H10N2O3/c1-3(9)4(6(8)11)2-5(7)10/h2-3,9H,1H3,(H2,7,10)(H2,8,11)/b4-2-. The predicted molar refractivity (Wildman–Crippen MR) is 38.2 cm³/mol. The topological polar surface area (TPSA) is 106 Å². The van der Waals surface area contributed by atoms with Crippen LogP contribution in [0.3, 0.4) is 0 Å². The van der Waals surface area contributed by atoms with Crippen LogP contribution < -0.4 is 11.5 Å². The maximum atomic E-state index is 10.5. The van der Waals surface area contributed by atoms with Gasteiger partial charge in [-0.15, -0.1) is 0 Å². The molecule has 1 atom stereocenters. The summed E-state index contributed by atoms with van der Waals surface area (Å²) in [6.07, 6.45) is -0.257. The fraction of sp³-hybridized carbons (Fsp3) is 0.333. The number of aliphatic hydroxyl groups excluding tert-OH is 1. The second-order valence-electron chi connectivity index (χ2n) is 2.04. The Morgan fingerprint density at radius 2 is 1.91 bits per heavy atom.